The van der Waals surface area contributed by atoms with Crippen molar-refractivity contribution >= 4 is 34.7 Å². The Morgan fingerprint density at radius 2 is 1.76 bits per heavy atom. The number of phenols is 1. The highest BCUT2D eigenvalue weighted by molar-refractivity contribution is 6.32. The van der Waals surface area contributed by atoms with Crippen LogP contribution in [0.2, 0.25) is 0 Å². The number of benzene rings is 1. The van der Waals surface area contributed by atoms with E-state index in [2.05, 4.69) is 19.2 Å². The molecule has 2 unspecified atom stereocenters. The van der Waals surface area contributed by atoms with Crippen LogP contribution in [0.5, 0.6) is 5.75 Å². The zero-order chi connectivity index (χ0) is 30.3. The molecule has 0 heterocycles. The topological polar surface area (TPSA) is 170 Å². The van der Waals surface area contributed by atoms with Crippen LogP contribution in [-0.4, -0.2) is 89.5 Å². The first kappa shape index (κ1) is 29.3. The predicted octanol–water partition coefficient (Wildman–Crippen LogP) is 0.211. The summed E-state index contributed by atoms with van der Waals surface area (Å²) in [4.78, 5) is 70.2. The number of fused-ring (bicyclic) bond motifs is 3. The van der Waals surface area contributed by atoms with E-state index in [4.69, 9.17) is 5.73 Å². The van der Waals surface area contributed by atoms with Gasteiger partial charge in [-0.2, -0.15) is 0 Å². The number of hydrogen-bond acceptors (Lipinski definition) is 10. The number of primary amides is 1. The maximum absolute atomic E-state index is 14.0. The van der Waals surface area contributed by atoms with Crippen LogP contribution < -0.4 is 16.0 Å². The molecule has 0 spiro atoms. The molecule has 0 radical (unpaired) electrons. The number of aliphatic hydroxyl groups is 1. The number of nitrogens with two attached hydrogens (primary N) is 1. The summed E-state index contributed by atoms with van der Waals surface area (Å²) in [5, 5.41) is 26.5. The van der Waals surface area contributed by atoms with Crippen molar-refractivity contribution in [3.8, 4) is 5.75 Å². The second kappa shape index (κ2) is 9.71. The number of hydrogen-bond donors (Lipinski definition) is 4. The smallest absolute Gasteiger partial charge is 0.235 e. The van der Waals surface area contributed by atoms with Crippen LogP contribution >= 0.6 is 0 Å². The lowest BCUT2D eigenvalue weighted by Crippen LogP contribution is -2.74. The standard InChI is InChI=1S/C30H40N4O7/c1-29(2,15-7-8-15)32-12-14-11-18(35)20-16(22(14)33(3)4)9-13-10-17-23(34(5)6)25(37)21(28(31)40)27(39)30(17,41)26(38)19(13)24(20)36/h11,13,15,17,19,21,23,32,35,41H,7-10,12H2,1-6H3,(H2,31,40)/t13-,17-,19?,21?,23-,30-/m0/s1. The molecule has 0 aliphatic heterocycles. The number of nitrogens with zero attached hydrogens (tertiary/aromatic N) is 2. The lowest BCUT2D eigenvalue weighted by Gasteiger charge is -2.52. The van der Waals surface area contributed by atoms with Gasteiger partial charge in [-0.3, -0.25) is 28.9 Å². The molecule has 5 rings (SSSR count). The highest BCUT2D eigenvalue weighted by Gasteiger charge is 2.69. The van der Waals surface area contributed by atoms with E-state index in [1.165, 1.54) is 4.90 Å². The number of nitrogens with one attached hydrogen (secondary N) is 1. The molecular weight excluding hydrogens is 528 g/mol. The van der Waals surface area contributed by atoms with Crippen LogP contribution in [0, 0.1) is 29.6 Å². The lowest BCUT2D eigenvalue weighted by atomic mass is 9.52. The largest absolute Gasteiger partial charge is 0.507 e. The van der Waals surface area contributed by atoms with Crippen LogP contribution in [0.25, 0.3) is 0 Å². The summed E-state index contributed by atoms with van der Waals surface area (Å²) in [7, 11) is 6.85. The van der Waals surface area contributed by atoms with Crippen molar-refractivity contribution in [3.05, 3.63) is 22.8 Å². The van der Waals surface area contributed by atoms with Gasteiger partial charge in [0.1, 0.15) is 5.75 Å². The molecule has 4 aliphatic rings. The van der Waals surface area contributed by atoms with E-state index >= 15 is 0 Å². The van der Waals surface area contributed by atoms with Gasteiger partial charge in [-0.05, 0) is 82.7 Å². The molecule has 3 saturated carbocycles. The molecular formula is C30H40N4O7. The van der Waals surface area contributed by atoms with E-state index in [0.29, 0.717) is 18.0 Å². The maximum Gasteiger partial charge on any atom is 0.235 e. The Hall–Kier alpha value is -3.15. The Kier molecular flexibility index (Phi) is 6.95. The van der Waals surface area contributed by atoms with E-state index in [-0.39, 0.29) is 29.7 Å². The first-order valence-corrected chi connectivity index (χ1v) is 14.2. The van der Waals surface area contributed by atoms with Gasteiger partial charge in [0.25, 0.3) is 0 Å². The molecule has 41 heavy (non-hydrogen) atoms. The Morgan fingerprint density at radius 3 is 2.29 bits per heavy atom. The van der Waals surface area contributed by atoms with Crippen molar-refractivity contribution < 1.29 is 34.2 Å². The Balaban J connectivity index is 1.59. The van der Waals surface area contributed by atoms with Crippen LogP contribution in [-0.2, 0) is 32.1 Å². The molecule has 0 saturated heterocycles. The van der Waals surface area contributed by atoms with Gasteiger partial charge in [0.15, 0.2) is 34.7 Å². The van der Waals surface area contributed by atoms with Crippen molar-refractivity contribution in [2.24, 2.45) is 35.3 Å². The van der Waals surface area contributed by atoms with Gasteiger partial charge in [0, 0.05) is 37.8 Å². The summed E-state index contributed by atoms with van der Waals surface area (Å²) in [6.45, 7) is 4.76. The van der Waals surface area contributed by atoms with E-state index in [0.717, 1.165) is 24.1 Å². The Bertz CT molecular complexity index is 1360. The van der Waals surface area contributed by atoms with E-state index in [1.807, 2.05) is 19.0 Å². The van der Waals surface area contributed by atoms with Gasteiger partial charge in [0.05, 0.1) is 17.5 Å². The monoisotopic (exact) mass is 568 g/mol. The molecule has 1 aromatic rings. The molecule has 1 aromatic carbocycles. The summed E-state index contributed by atoms with van der Waals surface area (Å²) < 4.78 is 0. The predicted molar refractivity (Wildman–Crippen MR) is 149 cm³/mol. The van der Waals surface area contributed by atoms with Crippen molar-refractivity contribution in [1.29, 1.82) is 0 Å². The van der Waals surface area contributed by atoms with Gasteiger partial charge in [-0.25, -0.2) is 0 Å². The quantitative estimate of drug-likeness (QED) is 0.334. The number of carbonyl (C=O) groups excluding carboxylic acids is 5. The van der Waals surface area contributed by atoms with Gasteiger partial charge in [-0.15, -0.1) is 0 Å². The number of Topliss-reactive ketones (excluding diaryl/α,β-unsaturated/α-hetero) is 4. The van der Waals surface area contributed by atoms with Crippen LogP contribution in [0.15, 0.2) is 6.07 Å². The molecule has 0 bridgehead atoms. The number of likely N-dealkylation sites (N-methyl/N-ethyl adjacent to an activating group) is 1. The number of aromatic hydroxyl groups is 1. The van der Waals surface area contributed by atoms with Crippen LogP contribution in [0.4, 0.5) is 5.69 Å². The normalized spacial score (nSPS) is 31.6. The highest BCUT2D eigenvalue weighted by atomic mass is 16.3. The fourth-order valence-electron chi connectivity index (χ4n) is 7.69. The summed E-state index contributed by atoms with van der Waals surface area (Å²) >= 11 is 0. The zero-order valence-corrected chi connectivity index (χ0v) is 24.5. The number of rotatable bonds is 7. The summed E-state index contributed by atoms with van der Waals surface area (Å²) in [6, 6.07) is 0.418. The Morgan fingerprint density at radius 1 is 1.12 bits per heavy atom. The molecule has 4 aliphatic carbocycles. The molecule has 3 fully saturated rings. The van der Waals surface area contributed by atoms with Crippen molar-refractivity contribution in [2.75, 3.05) is 33.1 Å². The van der Waals surface area contributed by atoms with Gasteiger partial charge < -0.3 is 26.2 Å². The average Bonchev–Trinajstić information content (AvgIpc) is 3.70. The van der Waals surface area contributed by atoms with Crippen molar-refractivity contribution in [2.45, 2.75) is 63.3 Å². The molecule has 0 aromatic heterocycles. The number of ketones is 4. The minimum atomic E-state index is -2.73. The van der Waals surface area contributed by atoms with Gasteiger partial charge in [-0.1, -0.05) is 0 Å². The summed E-state index contributed by atoms with van der Waals surface area (Å²) in [6.07, 6.45) is 2.57. The van der Waals surface area contributed by atoms with Crippen LogP contribution in [0.3, 0.4) is 0 Å². The number of phenolic OH excluding ortho intramolecular Hbond substituents is 1. The highest BCUT2D eigenvalue weighted by Crippen LogP contribution is 2.52. The first-order valence-electron chi connectivity index (χ1n) is 14.2. The molecule has 6 atom stereocenters. The summed E-state index contributed by atoms with van der Waals surface area (Å²) in [5.74, 6) is -9.83. The zero-order valence-electron chi connectivity index (χ0n) is 24.5. The van der Waals surface area contributed by atoms with Crippen molar-refractivity contribution in [3.63, 3.8) is 0 Å². The van der Waals surface area contributed by atoms with Crippen molar-refractivity contribution in [1.82, 2.24) is 10.2 Å². The lowest BCUT2D eigenvalue weighted by molar-refractivity contribution is -0.181. The molecule has 222 valence electrons. The third kappa shape index (κ3) is 4.31. The minimum Gasteiger partial charge on any atom is -0.507 e. The molecule has 11 nitrogen and oxygen atoms in total. The van der Waals surface area contributed by atoms with E-state index in [9.17, 15) is 34.2 Å². The average molecular weight is 569 g/mol. The van der Waals surface area contributed by atoms with Gasteiger partial charge >= 0.3 is 0 Å². The third-order valence-corrected chi connectivity index (χ3v) is 9.89. The molecule has 11 heteroatoms. The number of amides is 1. The second-order valence-electron chi connectivity index (χ2n) is 13.3. The van der Waals surface area contributed by atoms with E-state index < -0.39 is 64.4 Å². The fraction of sp³-hybridized carbons (Fsp3) is 0.633. The molecule has 5 N–H and O–H groups in total. The number of anilines is 1. The maximum atomic E-state index is 14.0. The number of carbonyl (C=O) groups is 5. The van der Waals surface area contributed by atoms with Crippen LogP contribution in [0.1, 0.15) is 54.6 Å². The minimum absolute atomic E-state index is 0.00509. The van der Waals surface area contributed by atoms with Gasteiger partial charge in [0.2, 0.25) is 5.91 Å². The first-order chi connectivity index (χ1) is 19.0. The van der Waals surface area contributed by atoms with E-state index in [1.54, 1.807) is 20.2 Å². The summed E-state index contributed by atoms with van der Waals surface area (Å²) in [5.41, 5.74) is 4.74. The fourth-order valence-corrected chi connectivity index (χ4v) is 7.69. The molecule has 1 amide bonds. The third-order valence-electron chi connectivity index (χ3n) is 9.89. The Labute approximate surface area is 239 Å². The second-order valence-corrected chi connectivity index (χ2v) is 13.3. The SMILES string of the molecule is CN(C)c1c(CNC(C)(C)C2CC2)cc(O)c2c1C[C@H]1C[C@H]3[C@H](N(C)C)C(=O)C(C(N)=O)C(=O)[C@@]3(O)C(=O)C1C2=O.